The third kappa shape index (κ3) is 5.32. The Kier molecular flexibility index (Phi) is 7.56. The minimum Gasteiger partial charge on any atom is -0.310 e. The van der Waals surface area contributed by atoms with Gasteiger partial charge in [0.05, 0.1) is 5.69 Å². The first-order valence-corrected chi connectivity index (χ1v) is 18.8. The topological polar surface area (TPSA) is 3.24 Å². The fraction of sp³-hybridized carbons (Fsp3) is 0.0566. The smallest absolute Gasteiger partial charge is 0.0546 e. The van der Waals surface area contributed by atoms with Crippen molar-refractivity contribution < 1.29 is 0 Å². The molecule has 1 aliphatic carbocycles. The van der Waals surface area contributed by atoms with Crippen LogP contribution in [0.25, 0.3) is 66.1 Å². The summed E-state index contributed by atoms with van der Waals surface area (Å²) < 4.78 is 0. The molecule has 0 saturated heterocycles. The molecule has 0 atom stereocenters. The Morgan fingerprint density at radius 1 is 0.352 bits per heavy atom. The summed E-state index contributed by atoms with van der Waals surface area (Å²) in [4.78, 5) is 2.45. The average Bonchev–Trinajstić information content (AvgIpc) is 3.47. The highest BCUT2D eigenvalue weighted by atomic mass is 15.1. The fourth-order valence-electron chi connectivity index (χ4n) is 8.72. The predicted molar refractivity (Wildman–Crippen MR) is 230 cm³/mol. The lowest BCUT2D eigenvalue weighted by Crippen LogP contribution is -2.16. The van der Waals surface area contributed by atoms with Crippen molar-refractivity contribution in [2.45, 2.75) is 19.3 Å². The number of anilines is 3. The van der Waals surface area contributed by atoms with Crippen molar-refractivity contribution in [3.63, 3.8) is 0 Å². The van der Waals surface area contributed by atoms with Crippen LogP contribution in [0.5, 0.6) is 0 Å². The Labute approximate surface area is 317 Å². The lowest BCUT2D eigenvalue weighted by molar-refractivity contribution is 0.666. The molecule has 256 valence electrons. The van der Waals surface area contributed by atoms with Crippen molar-refractivity contribution in [1.29, 1.82) is 0 Å². The Morgan fingerprint density at radius 2 is 0.833 bits per heavy atom. The maximum atomic E-state index is 2.46. The molecular weight excluding hydrogens is 651 g/mol. The van der Waals surface area contributed by atoms with Crippen LogP contribution in [0.15, 0.2) is 200 Å². The van der Waals surface area contributed by atoms with Crippen molar-refractivity contribution in [3.8, 4) is 44.5 Å². The van der Waals surface area contributed by atoms with Crippen LogP contribution in [0.2, 0.25) is 0 Å². The molecule has 0 amide bonds. The van der Waals surface area contributed by atoms with Crippen LogP contribution in [-0.4, -0.2) is 0 Å². The standard InChI is InChI=1S/C53H39N/c1-53(2)50-32-27-43(42-22-21-38-17-9-10-18-41(38)33-42)34-48(50)49-35-51(46-19-11-12-20-47(46)52(49)53)54(44-28-23-39(24-29-44)36-13-5-3-6-14-36)45-30-25-40(26-31-45)37-15-7-4-8-16-37/h3-35H,1-2H3. The van der Waals surface area contributed by atoms with E-state index in [1.165, 1.54) is 82.9 Å². The molecule has 0 aromatic heterocycles. The lowest BCUT2D eigenvalue weighted by Gasteiger charge is -2.30. The molecule has 0 bridgehead atoms. The van der Waals surface area contributed by atoms with Crippen LogP contribution in [0.3, 0.4) is 0 Å². The van der Waals surface area contributed by atoms with Crippen LogP contribution < -0.4 is 4.90 Å². The zero-order chi connectivity index (χ0) is 36.2. The predicted octanol–water partition coefficient (Wildman–Crippen LogP) is 14.8. The second-order valence-electron chi connectivity index (χ2n) is 15.0. The maximum absolute atomic E-state index is 2.46. The Balaban J connectivity index is 1.18. The summed E-state index contributed by atoms with van der Waals surface area (Å²) in [7, 11) is 0. The third-order valence-corrected chi connectivity index (χ3v) is 11.4. The highest BCUT2D eigenvalue weighted by Gasteiger charge is 2.38. The van der Waals surface area contributed by atoms with Crippen molar-refractivity contribution in [3.05, 3.63) is 211 Å². The summed E-state index contributed by atoms with van der Waals surface area (Å²) in [5.41, 5.74) is 15.9. The van der Waals surface area contributed by atoms with E-state index in [0.29, 0.717) is 0 Å². The minimum absolute atomic E-state index is 0.162. The van der Waals surface area contributed by atoms with E-state index in [4.69, 9.17) is 0 Å². The minimum atomic E-state index is -0.162. The summed E-state index contributed by atoms with van der Waals surface area (Å²) in [6.45, 7) is 4.78. The quantitative estimate of drug-likeness (QED) is 0.168. The van der Waals surface area contributed by atoms with E-state index in [1.807, 2.05) is 0 Å². The first kappa shape index (κ1) is 32.0. The molecule has 9 aromatic rings. The van der Waals surface area contributed by atoms with Gasteiger partial charge in [-0.1, -0.05) is 172 Å². The van der Waals surface area contributed by atoms with Crippen LogP contribution >= 0.6 is 0 Å². The van der Waals surface area contributed by atoms with E-state index in [9.17, 15) is 0 Å². The Hall–Kier alpha value is -6.70. The number of nitrogens with zero attached hydrogens (tertiary/aromatic N) is 1. The van der Waals surface area contributed by atoms with Gasteiger partial charge in [0.15, 0.2) is 0 Å². The zero-order valence-corrected chi connectivity index (χ0v) is 30.5. The summed E-state index contributed by atoms with van der Waals surface area (Å²) in [6.07, 6.45) is 0. The molecule has 0 N–H and O–H groups in total. The van der Waals surface area contributed by atoms with Crippen molar-refractivity contribution in [2.24, 2.45) is 0 Å². The highest BCUT2D eigenvalue weighted by molar-refractivity contribution is 6.07. The fourth-order valence-corrected chi connectivity index (χ4v) is 8.72. The zero-order valence-electron chi connectivity index (χ0n) is 30.5. The number of rotatable bonds is 6. The summed E-state index contributed by atoms with van der Waals surface area (Å²) >= 11 is 0. The first-order chi connectivity index (χ1) is 26.5. The van der Waals surface area contributed by atoms with Gasteiger partial charge < -0.3 is 4.90 Å². The molecule has 0 fully saturated rings. The molecular formula is C53H39N. The molecule has 0 saturated carbocycles. The summed E-state index contributed by atoms with van der Waals surface area (Å²) in [5, 5.41) is 5.06. The van der Waals surface area contributed by atoms with Crippen molar-refractivity contribution >= 4 is 38.6 Å². The average molecular weight is 690 g/mol. The Morgan fingerprint density at radius 3 is 1.46 bits per heavy atom. The SMILES string of the molecule is CC1(C)c2ccc(-c3ccc4ccccc4c3)cc2-c2cc(N(c3ccc(-c4ccccc4)cc3)c3ccc(-c4ccccc4)cc3)c3ccccc3c21. The van der Waals surface area contributed by atoms with Gasteiger partial charge in [-0.05, 0) is 114 Å². The normalized spacial score (nSPS) is 12.8. The van der Waals surface area contributed by atoms with E-state index in [0.717, 1.165) is 11.4 Å². The maximum Gasteiger partial charge on any atom is 0.0546 e. The van der Waals surface area contributed by atoms with Crippen LogP contribution in [0.4, 0.5) is 17.1 Å². The van der Waals surface area contributed by atoms with Gasteiger partial charge in [-0.3, -0.25) is 0 Å². The van der Waals surface area contributed by atoms with E-state index in [2.05, 4.69) is 219 Å². The molecule has 54 heavy (non-hydrogen) atoms. The van der Waals surface area contributed by atoms with Crippen LogP contribution in [-0.2, 0) is 5.41 Å². The van der Waals surface area contributed by atoms with E-state index < -0.39 is 0 Å². The van der Waals surface area contributed by atoms with Crippen molar-refractivity contribution in [1.82, 2.24) is 0 Å². The number of hydrogen-bond donors (Lipinski definition) is 0. The van der Waals surface area contributed by atoms with Gasteiger partial charge >= 0.3 is 0 Å². The molecule has 1 nitrogen and oxygen atoms in total. The molecule has 0 unspecified atom stereocenters. The van der Waals surface area contributed by atoms with Gasteiger partial charge in [0, 0.05) is 22.2 Å². The second kappa shape index (κ2) is 12.8. The van der Waals surface area contributed by atoms with E-state index in [-0.39, 0.29) is 5.41 Å². The van der Waals surface area contributed by atoms with Crippen molar-refractivity contribution in [2.75, 3.05) is 4.90 Å². The molecule has 0 aliphatic heterocycles. The molecule has 0 spiro atoms. The number of hydrogen-bond acceptors (Lipinski definition) is 1. The Bertz CT molecular complexity index is 2730. The van der Waals surface area contributed by atoms with Crippen LogP contribution in [0.1, 0.15) is 25.0 Å². The van der Waals surface area contributed by atoms with Gasteiger partial charge in [-0.15, -0.1) is 0 Å². The molecule has 10 rings (SSSR count). The van der Waals surface area contributed by atoms with Gasteiger partial charge in [0.1, 0.15) is 0 Å². The second-order valence-corrected chi connectivity index (χ2v) is 15.0. The molecule has 1 aliphatic rings. The molecule has 0 radical (unpaired) electrons. The van der Waals surface area contributed by atoms with Crippen LogP contribution in [0, 0.1) is 0 Å². The summed E-state index contributed by atoms with van der Waals surface area (Å²) in [5.74, 6) is 0. The van der Waals surface area contributed by atoms with Gasteiger partial charge in [0.25, 0.3) is 0 Å². The van der Waals surface area contributed by atoms with Gasteiger partial charge in [-0.25, -0.2) is 0 Å². The molecule has 1 heteroatoms. The third-order valence-electron chi connectivity index (χ3n) is 11.4. The van der Waals surface area contributed by atoms with Gasteiger partial charge in [-0.2, -0.15) is 0 Å². The summed E-state index contributed by atoms with van der Waals surface area (Å²) in [6, 6.07) is 73.3. The number of benzene rings is 9. The first-order valence-electron chi connectivity index (χ1n) is 18.8. The largest absolute Gasteiger partial charge is 0.310 e. The monoisotopic (exact) mass is 689 g/mol. The lowest BCUT2D eigenvalue weighted by atomic mass is 9.79. The van der Waals surface area contributed by atoms with E-state index in [1.54, 1.807) is 0 Å². The van der Waals surface area contributed by atoms with Gasteiger partial charge in [0.2, 0.25) is 0 Å². The number of fused-ring (bicyclic) bond motifs is 6. The van der Waals surface area contributed by atoms with E-state index >= 15 is 0 Å². The molecule has 0 heterocycles. The molecule has 9 aromatic carbocycles. The highest BCUT2D eigenvalue weighted by Crippen LogP contribution is 2.55.